The fourth-order valence-electron chi connectivity index (χ4n) is 2.19. The number of furan rings is 1. The molecule has 0 aliphatic carbocycles. The number of nitrogens with one attached hydrogen (secondary N) is 1. The Hall–Kier alpha value is -1.61. The summed E-state index contributed by atoms with van der Waals surface area (Å²) < 4.78 is 20.6. The zero-order valence-corrected chi connectivity index (χ0v) is 16.4. The molecule has 140 valence electrons. The second-order valence-corrected chi connectivity index (χ2v) is 6.83. The maximum absolute atomic E-state index is 13.2. The summed E-state index contributed by atoms with van der Waals surface area (Å²) >= 11 is 7.43. The van der Waals surface area contributed by atoms with Crippen LogP contribution in [0, 0.1) is 5.82 Å². The van der Waals surface area contributed by atoms with E-state index in [4.69, 9.17) is 16.0 Å². The third-order valence-corrected chi connectivity index (χ3v) is 4.86. The Morgan fingerprint density at radius 3 is 2.88 bits per heavy atom. The number of halogens is 3. The van der Waals surface area contributed by atoms with Crippen molar-refractivity contribution < 1.29 is 8.81 Å². The summed E-state index contributed by atoms with van der Waals surface area (Å²) in [5.41, 5.74) is 0.756. The molecule has 0 radical (unpaired) electrons. The molecule has 3 aromatic rings. The Labute approximate surface area is 165 Å². The van der Waals surface area contributed by atoms with Crippen LogP contribution in [-0.4, -0.2) is 32.5 Å². The van der Waals surface area contributed by atoms with Crippen molar-refractivity contribution in [1.29, 1.82) is 0 Å². The summed E-state index contributed by atoms with van der Waals surface area (Å²) in [6, 6.07) is 8.31. The summed E-state index contributed by atoms with van der Waals surface area (Å²) in [5.74, 6) is 1.98. The van der Waals surface area contributed by atoms with Crippen molar-refractivity contribution in [2.75, 3.05) is 12.3 Å². The highest BCUT2D eigenvalue weighted by molar-refractivity contribution is 7.99. The predicted molar refractivity (Wildman–Crippen MR) is 102 cm³/mol. The van der Waals surface area contributed by atoms with Crippen LogP contribution >= 0.6 is 35.8 Å². The maximum Gasteiger partial charge on any atom is 0.209 e. The summed E-state index contributed by atoms with van der Waals surface area (Å²) in [6.07, 6.45) is 0.985. The van der Waals surface area contributed by atoms with Gasteiger partial charge in [-0.25, -0.2) is 9.07 Å². The fourth-order valence-corrected chi connectivity index (χ4v) is 3.16. The van der Waals surface area contributed by atoms with E-state index in [2.05, 4.69) is 20.8 Å². The van der Waals surface area contributed by atoms with Gasteiger partial charge in [-0.1, -0.05) is 23.4 Å². The number of thioether (sulfide) groups is 1. The number of hydrogen-bond acceptors (Lipinski definition) is 6. The molecule has 1 aromatic carbocycles. The molecular weight excluding hydrogens is 400 g/mol. The van der Waals surface area contributed by atoms with E-state index in [1.807, 2.05) is 19.2 Å². The molecule has 0 saturated heterocycles. The van der Waals surface area contributed by atoms with Crippen molar-refractivity contribution in [3.8, 4) is 11.3 Å². The van der Waals surface area contributed by atoms with Crippen LogP contribution in [-0.2, 0) is 13.6 Å². The monoisotopic (exact) mass is 417 g/mol. The lowest BCUT2D eigenvalue weighted by atomic mass is 10.2. The van der Waals surface area contributed by atoms with E-state index in [1.54, 1.807) is 28.6 Å². The van der Waals surface area contributed by atoms with Gasteiger partial charge in [0.1, 0.15) is 17.3 Å². The van der Waals surface area contributed by atoms with Gasteiger partial charge in [-0.2, -0.15) is 0 Å². The minimum atomic E-state index is -0.436. The highest BCUT2D eigenvalue weighted by Crippen LogP contribution is 2.26. The van der Waals surface area contributed by atoms with Gasteiger partial charge in [0.2, 0.25) is 5.16 Å². The van der Waals surface area contributed by atoms with E-state index < -0.39 is 5.82 Å². The normalized spacial score (nSPS) is 10.7. The first-order valence-electron chi connectivity index (χ1n) is 7.73. The number of rotatable bonds is 8. The van der Waals surface area contributed by atoms with Gasteiger partial charge in [0.15, 0.2) is 0 Å². The SMILES string of the molecule is Cl.Cn1nnnc1SCCCNCc1ccc(-c2ccc(F)c(Cl)c2)o1. The number of aromatic nitrogens is 4. The Kier molecular flexibility index (Phi) is 7.89. The minimum absolute atomic E-state index is 0. The molecule has 0 amide bonds. The average molecular weight is 418 g/mol. The molecule has 0 saturated carbocycles. The van der Waals surface area contributed by atoms with Crippen LogP contribution in [0.25, 0.3) is 11.3 Å². The van der Waals surface area contributed by atoms with Gasteiger partial charge in [-0.05, 0) is 53.7 Å². The molecule has 2 aromatic heterocycles. The van der Waals surface area contributed by atoms with Crippen molar-refractivity contribution in [3.05, 3.63) is 46.9 Å². The molecule has 3 rings (SSSR count). The van der Waals surface area contributed by atoms with Crippen LogP contribution in [0.5, 0.6) is 0 Å². The Morgan fingerprint density at radius 1 is 1.31 bits per heavy atom. The maximum atomic E-state index is 13.2. The van der Waals surface area contributed by atoms with Gasteiger partial charge in [0, 0.05) is 18.4 Å². The molecule has 0 fully saturated rings. The first-order chi connectivity index (χ1) is 12.1. The van der Waals surface area contributed by atoms with E-state index in [9.17, 15) is 4.39 Å². The van der Waals surface area contributed by atoms with E-state index in [1.165, 1.54) is 6.07 Å². The van der Waals surface area contributed by atoms with Crippen molar-refractivity contribution >= 4 is 35.8 Å². The van der Waals surface area contributed by atoms with Gasteiger partial charge in [0.25, 0.3) is 0 Å². The van der Waals surface area contributed by atoms with Gasteiger partial charge in [-0.15, -0.1) is 17.5 Å². The van der Waals surface area contributed by atoms with Crippen molar-refractivity contribution in [3.63, 3.8) is 0 Å². The van der Waals surface area contributed by atoms with Gasteiger partial charge in [0.05, 0.1) is 11.6 Å². The van der Waals surface area contributed by atoms with Crippen molar-refractivity contribution in [2.45, 2.75) is 18.1 Å². The molecular formula is C16H18Cl2FN5OS. The molecule has 1 N–H and O–H groups in total. The van der Waals surface area contributed by atoms with Crippen LogP contribution in [0.2, 0.25) is 5.02 Å². The van der Waals surface area contributed by atoms with Gasteiger partial charge < -0.3 is 9.73 Å². The van der Waals surface area contributed by atoms with E-state index in [-0.39, 0.29) is 17.4 Å². The molecule has 6 nitrogen and oxygen atoms in total. The summed E-state index contributed by atoms with van der Waals surface area (Å²) in [4.78, 5) is 0. The highest BCUT2D eigenvalue weighted by atomic mass is 35.5. The molecule has 10 heteroatoms. The van der Waals surface area contributed by atoms with Crippen LogP contribution in [0.1, 0.15) is 12.2 Å². The number of nitrogens with zero attached hydrogens (tertiary/aromatic N) is 4. The first-order valence-corrected chi connectivity index (χ1v) is 9.10. The molecule has 2 heterocycles. The predicted octanol–water partition coefficient (Wildman–Crippen LogP) is 3.96. The molecule has 0 aliphatic rings. The topological polar surface area (TPSA) is 68.8 Å². The summed E-state index contributed by atoms with van der Waals surface area (Å²) in [5, 5.41) is 15.5. The molecule has 0 atom stereocenters. The van der Waals surface area contributed by atoms with E-state index >= 15 is 0 Å². The lowest BCUT2D eigenvalue weighted by molar-refractivity contribution is 0.494. The van der Waals surface area contributed by atoms with Gasteiger partial charge in [-0.3, -0.25) is 0 Å². The van der Waals surface area contributed by atoms with Crippen LogP contribution < -0.4 is 5.32 Å². The second-order valence-electron chi connectivity index (χ2n) is 5.36. The smallest absolute Gasteiger partial charge is 0.209 e. The average Bonchev–Trinajstić information content (AvgIpc) is 3.23. The quantitative estimate of drug-likeness (QED) is 0.441. The second kappa shape index (κ2) is 9.91. The van der Waals surface area contributed by atoms with Crippen LogP contribution in [0.3, 0.4) is 0 Å². The zero-order chi connectivity index (χ0) is 17.6. The first kappa shape index (κ1) is 20.7. The lowest BCUT2D eigenvalue weighted by Crippen LogP contribution is -2.14. The van der Waals surface area contributed by atoms with Gasteiger partial charge >= 0.3 is 0 Å². The summed E-state index contributed by atoms with van der Waals surface area (Å²) in [7, 11) is 1.82. The van der Waals surface area contributed by atoms with Crippen LogP contribution in [0.4, 0.5) is 4.39 Å². The largest absolute Gasteiger partial charge is 0.460 e. The standard InChI is InChI=1S/C16H17ClFN5OS.ClH/c1-23-16(20-21-22-23)25-8-2-7-19-10-12-4-6-15(24-12)11-3-5-14(18)13(17)9-11;/h3-6,9,19H,2,7-8,10H2,1H3;1H. The van der Waals surface area contributed by atoms with E-state index in [0.717, 1.165) is 35.2 Å². The van der Waals surface area contributed by atoms with Crippen molar-refractivity contribution in [1.82, 2.24) is 25.5 Å². The minimum Gasteiger partial charge on any atom is -0.460 e. The summed E-state index contributed by atoms with van der Waals surface area (Å²) in [6.45, 7) is 1.49. The third kappa shape index (κ3) is 5.44. The Bertz CT molecular complexity index is 842. The molecule has 0 aliphatic heterocycles. The Morgan fingerprint density at radius 2 is 2.15 bits per heavy atom. The molecule has 0 unspecified atom stereocenters. The molecule has 0 spiro atoms. The molecule has 0 bridgehead atoms. The number of hydrogen-bond donors (Lipinski definition) is 1. The zero-order valence-electron chi connectivity index (χ0n) is 14.0. The third-order valence-electron chi connectivity index (χ3n) is 3.48. The number of benzene rings is 1. The number of aryl methyl sites for hydroxylation is 1. The Balaban J connectivity index is 0.00000243. The molecule has 26 heavy (non-hydrogen) atoms. The van der Waals surface area contributed by atoms with Crippen LogP contribution in [0.15, 0.2) is 39.9 Å². The highest BCUT2D eigenvalue weighted by Gasteiger charge is 2.08. The lowest BCUT2D eigenvalue weighted by Gasteiger charge is -2.03. The van der Waals surface area contributed by atoms with E-state index in [0.29, 0.717) is 12.3 Å². The number of tetrazole rings is 1. The fraction of sp³-hybridized carbons (Fsp3) is 0.312. The van der Waals surface area contributed by atoms with Crippen molar-refractivity contribution in [2.24, 2.45) is 7.05 Å².